The summed E-state index contributed by atoms with van der Waals surface area (Å²) < 4.78 is 10.9. The first-order chi connectivity index (χ1) is 9.24. The number of oxazole rings is 1. The molecular weight excluding hydrogens is 242 g/mol. The SMILES string of the molecule is COCC1CCN(Cc2nc3ccc(N)cc3o2)C1. The minimum atomic E-state index is 0.630. The fourth-order valence-electron chi connectivity index (χ4n) is 2.68. The molecule has 2 aromatic rings. The van der Waals surface area contributed by atoms with Crippen LogP contribution in [0.25, 0.3) is 11.1 Å². The third kappa shape index (κ3) is 2.72. The van der Waals surface area contributed by atoms with Crippen molar-refractivity contribution in [2.45, 2.75) is 13.0 Å². The second-order valence-corrected chi connectivity index (χ2v) is 5.18. The molecule has 1 saturated heterocycles. The highest BCUT2D eigenvalue weighted by atomic mass is 16.5. The molecule has 3 rings (SSSR count). The predicted molar refractivity (Wildman–Crippen MR) is 73.7 cm³/mol. The minimum absolute atomic E-state index is 0.630. The molecule has 0 saturated carbocycles. The summed E-state index contributed by atoms with van der Waals surface area (Å²) in [7, 11) is 1.76. The average Bonchev–Trinajstić information content (AvgIpc) is 2.96. The monoisotopic (exact) mass is 261 g/mol. The zero-order valence-corrected chi connectivity index (χ0v) is 11.1. The topological polar surface area (TPSA) is 64.5 Å². The maximum Gasteiger partial charge on any atom is 0.209 e. The van der Waals surface area contributed by atoms with Crippen molar-refractivity contribution < 1.29 is 9.15 Å². The largest absolute Gasteiger partial charge is 0.439 e. The highest BCUT2D eigenvalue weighted by Crippen LogP contribution is 2.22. The molecule has 5 heteroatoms. The third-order valence-corrected chi connectivity index (χ3v) is 3.59. The van der Waals surface area contributed by atoms with Gasteiger partial charge in [-0.2, -0.15) is 0 Å². The first-order valence-corrected chi connectivity index (χ1v) is 6.61. The fraction of sp³-hybridized carbons (Fsp3) is 0.500. The molecule has 1 aromatic heterocycles. The lowest BCUT2D eigenvalue weighted by atomic mass is 10.1. The van der Waals surface area contributed by atoms with Gasteiger partial charge in [0.2, 0.25) is 5.89 Å². The number of ether oxygens (including phenoxy) is 1. The minimum Gasteiger partial charge on any atom is -0.439 e. The Balaban J connectivity index is 1.68. The van der Waals surface area contributed by atoms with Crippen LogP contribution in [0.2, 0.25) is 0 Å². The summed E-state index contributed by atoms with van der Waals surface area (Å²) >= 11 is 0. The highest BCUT2D eigenvalue weighted by Gasteiger charge is 2.23. The van der Waals surface area contributed by atoms with Crippen molar-refractivity contribution in [3.8, 4) is 0 Å². The molecular formula is C14H19N3O2. The van der Waals surface area contributed by atoms with Crippen LogP contribution in [0.1, 0.15) is 12.3 Å². The third-order valence-electron chi connectivity index (χ3n) is 3.59. The van der Waals surface area contributed by atoms with E-state index in [0.717, 1.165) is 43.2 Å². The van der Waals surface area contributed by atoms with E-state index in [4.69, 9.17) is 14.9 Å². The number of hydrogen-bond donors (Lipinski definition) is 1. The molecule has 1 unspecified atom stereocenters. The molecule has 1 fully saturated rings. The van der Waals surface area contributed by atoms with Crippen LogP contribution in [-0.2, 0) is 11.3 Å². The summed E-state index contributed by atoms with van der Waals surface area (Å²) in [5.41, 5.74) is 8.08. The van der Waals surface area contributed by atoms with E-state index in [2.05, 4.69) is 9.88 Å². The van der Waals surface area contributed by atoms with Crippen LogP contribution in [0.4, 0.5) is 5.69 Å². The molecule has 1 aliphatic heterocycles. The second kappa shape index (κ2) is 5.19. The number of likely N-dealkylation sites (tertiary alicyclic amines) is 1. The molecule has 102 valence electrons. The molecule has 0 bridgehead atoms. The molecule has 0 amide bonds. The molecule has 2 N–H and O–H groups in total. The van der Waals surface area contributed by atoms with E-state index >= 15 is 0 Å². The lowest BCUT2D eigenvalue weighted by molar-refractivity contribution is 0.151. The maximum absolute atomic E-state index is 5.74. The smallest absolute Gasteiger partial charge is 0.209 e. The first-order valence-electron chi connectivity index (χ1n) is 6.61. The Hall–Kier alpha value is -1.59. The van der Waals surface area contributed by atoms with E-state index in [9.17, 15) is 0 Å². The van der Waals surface area contributed by atoms with Crippen LogP contribution >= 0.6 is 0 Å². The van der Waals surface area contributed by atoms with E-state index in [-0.39, 0.29) is 0 Å². The van der Waals surface area contributed by atoms with Gasteiger partial charge in [0.05, 0.1) is 13.2 Å². The van der Waals surface area contributed by atoms with E-state index in [1.807, 2.05) is 18.2 Å². The number of fused-ring (bicyclic) bond motifs is 1. The Morgan fingerprint density at radius 1 is 1.53 bits per heavy atom. The van der Waals surface area contributed by atoms with Crippen LogP contribution < -0.4 is 5.73 Å². The van der Waals surface area contributed by atoms with Crippen molar-refractivity contribution in [3.63, 3.8) is 0 Å². The number of rotatable bonds is 4. The molecule has 1 aromatic carbocycles. The van der Waals surface area contributed by atoms with E-state index < -0.39 is 0 Å². The number of anilines is 1. The van der Waals surface area contributed by atoms with Crippen LogP contribution in [0, 0.1) is 5.92 Å². The lowest BCUT2D eigenvalue weighted by Crippen LogP contribution is -2.21. The Morgan fingerprint density at radius 2 is 2.42 bits per heavy atom. The molecule has 0 spiro atoms. The number of nitrogens with zero attached hydrogens (tertiary/aromatic N) is 2. The Morgan fingerprint density at radius 3 is 3.26 bits per heavy atom. The van der Waals surface area contributed by atoms with Gasteiger partial charge in [0.25, 0.3) is 0 Å². The van der Waals surface area contributed by atoms with Gasteiger partial charge < -0.3 is 14.9 Å². The average molecular weight is 261 g/mol. The molecule has 0 radical (unpaired) electrons. The molecule has 2 heterocycles. The number of nitrogen functional groups attached to an aromatic ring is 1. The van der Waals surface area contributed by atoms with Gasteiger partial charge in [-0.15, -0.1) is 0 Å². The van der Waals surface area contributed by atoms with Gasteiger partial charge >= 0.3 is 0 Å². The van der Waals surface area contributed by atoms with E-state index in [0.29, 0.717) is 11.6 Å². The number of methoxy groups -OCH3 is 1. The summed E-state index contributed by atoms with van der Waals surface area (Å²) in [5, 5.41) is 0. The number of nitrogens with two attached hydrogens (primary N) is 1. The number of aromatic nitrogens is 1. The Kier molecular flexibility index (Phi) is 3.40. The molecule has 5 nitrogen and oxygen atoms in total. The summed E-state index contributed by atoms with van der Waals surface area (Å²) in [5.74, 6) is 1.39. The number of hydrogen-bond acceptors (Lipinski definition) is 5. The van der Waals surface area contributed by atoms with E-state index in [1.54, 1.807) is 7.11 Å². The zero-order valence-electron chi connectivity index (χ0n) is 11.1. The van der Waals surface area contributed by atoms with Crippen molar-refractivity contribution in [2.24, 2.45) is 5.92 Å². The molecule has 0 aliphatic carbocycles. The van der Waals surface area contributed by atoms with E-state index in [1.165, 1.54) is 6.42 Å². The van der Waals surface area contributed by atoms with Crippen molar-refractivity contribution in [1.82, 2.24) is 9.88 Å². The summed E-state index contributed by atoms with van der Waals surface area (Å²) in [4.78, 5) is 6.85. The van der Waals surface area contributed by atoms with Crippen molar-refractivity contribution in [3.05, 3.63) is 24.1 Å². The summed E-state index contributed by atoms with van der Waals surface area (Å²) in [6.45, 7) is 3.72. The van der Waals surface area contributed by atoms with Crippen molar-refractivity contribution in [1.29, 1.82) is 0 Å². The zero-order chi connectivity index (χ0) is 13.2. The van der Waals surface area contributed by atoms with Gasteiger partial charge in [0.15, 0.2) is 5.58 Å². The summed E-state index contributed by atoms with van der Waals surface area (Å²) in [6.07, 6.45) is 1.18. The molecule has 1 atom stereocenters. The molecule has 1 aliphatic rings. The van der Waals surface area contributed by atoms with Gasteiger partial charge in [-0.05, 0) is 31.0 Å². The van der Waals surface area contributed by atoms with Gasteiger partial charge in [0.1, 0.15) is 5.52 Å². The maximum atomic E-state index is 5.74. The van der Waals surface area contributed by atoms with Crippen LogP contribution in [-0.4, -0.2) is 36.7 Å². The van der Waals surface area contributed by atoms with Gasteiger partial charge in [-0.1, -0.05) is 0 Å². The first kappa shape index (κ1) is 12.4. The van der Waals surface area contributed by atoms with Gasteiger partial charge in [-0.25, -0.2) is 4.98 Å². The van der Waals surface area contributed by atoms with Crippen LogP contribution in [0.15, 0.2) is 22.6 Å². The van der Waals surface area contributed by atoms with Crippen LogP contribution in [0.5, 0.6) is 0 Å². The fourth-order valence-corrected chi connectivity index (χ4v) is 2.68. The normalized spacial score (nSPS) is 20.4. The summed E-state index contributed by atoms with van der Waals surface area (Å²) in [6, 6.07) is 5.57. The quantitative estimate of drug-likeness (QED) is 0.851. The van der Waals surface area contributed by atoms with Gasteiger partial charge in [0, 0.05) is 25.4 Å². The van der Waals surface area contributed by atoms with Crippen molar-refractivity contribution in [2.75, 3.05) is 32.5 Å². The Bertz CT molecular complexity index is 567. The van der Waals surface area contributed by atoms with Crippen molar-refractivity contribution >= 4 is 16.8 Å². The second-order valence-electron chi connectivity index (χ2n) is 5.18. The highest BCUT2D eigenvalue weighted by molar-refractivity contribution is 5.76. The predicted octanol–water partition coefficient (Wildman–Crippen LogP) is 1.88. The van der Waals surface area contributed by atoms with Crippen LogP contribution in [0.3, 0.4) is 0 Å². The molecule has 19 heavy (non-hydrogen) atoms. The lowest BCUT2D eigenvalue weighted by Gasteiger charge is -2.13. The standard InChI is InChI=1S/C14H19N3O2/c1-18-9-10-4-5-17(7-10)8-14-16-12-3-2-11(15)6-13(12)19-14/h2-3,6,10H,4-5,7-9,15H2,1H3. The Labute approximate surface area is 112 Å². The van der Waals surface area contributed by atoms with Gasteiger partial charge in [-0.3, -0.25) is 4.90 Å². The number of benzene rings is 1.